The Morgan fingerprint density at radius 1 is 0.404 bits per heavy atom. The third-order valence-corrected chi connectivity index (χ3v) is 28.4. The number of rotatable bonds is 40. The van der Waals surface area contributed by atoms with Gasteiger partial charge in [-0.2, -0.15) is 36.0 Å². The maximum atomic E-state index is 15.4. The smallest absolute Gasteiger partial charge is 0.194 e. The molecule has 10 aromatic rings. The molecule has 0 aliphatic heterocycles. The van der Waals surface area contributed by atoms with Gasteiger partial charge in [0, 0.05) is 67.0 Å². The van der Waals surface area contributed by atoms with Crippen LogP contribution in [0.15, 0.2) is 46.6 Å². The van der Waals surface area contributed by atoms with Crippen molar-refractivity contribution in [1.82, 2.24) is 24.1 Å². The third-order valence-electron chi connectivity index (χ3n) is 23.3. The molecule has 2 aliphatic carbocycles. The van der Waals surface area contributed by atoms with Gasteiger partial charge in [0.15, 0.2) is 34.8 Å². The molecule has 19 heteroatoms. The fraction of sp³-hybridized carbons (Fsp3) is 0.511. The van der Waals surface area contributed by atoms with Crippen molar-refractivity contribution in [3.63, 3.8) is 0 Å². The van der Waals surface area contributed by atoms with E-state index in [4.69, 9.17) is 10.2 Å². The van der Waals surface area contributed by atoms with Crippen LogP contribution in [0.2, 0.25) is 0 Å². The lowest BCUT2D eigenvalue weighted by Crippen LogP contribution is -2.13. The number of nitrogens with zero attached hydrogens (tertiary/aromatic N) is 9. The number of carbonyl (C=O) groups is 2. The number of aromatic nitrogens is 5. The lowest BCUT2D eigenvalue weighted by molar-refractivity contribution is 0.103. The first-order chi connectivity index (χ1) is 53.1. The van der Waals surface area contributed by atoms with E-state index in [1.807, 2.05) is 29.1 Å². The maximum absolute atomic E-state index is 15.4. The molecule has 0 saturated heterocycles. The van der Waals surface area contributed by atoms with Gasteiger partial charge in [-0.05, 0) is 121 Å². The molecule has 12 rings (SSSR count). The topological polar surface area (TPSA) is 170 Å². The first kappa shape index (κ1) is 80.5. The number of hydrogen-bond donors (Lipinski definition) is 0. The number of hydrogen-bond acceptors (Lipinski definition) is 12. The number of fused-ring (bicyclic) bond motifs is 16. The molecule has 7 aromatic heterocycles. The molecule has 3 atom stereocenters. The van der Waals surface area contributed by atoms with Gasteiger partial charge in [-0.25, -0.2) is 17.6 Å². The second-order valence-electron chi connectivity index (χ2n) is 30.6. The third kappa shape index (κ3) is 16.1. The van der Waals surface area contributed by atoms with Gasteiger partial charge in [0.05, 0.1) is 56.8 Å². The molecular weight excluding hydrogens is 1440 g/mol. The Hall–Kier alpha value is -8.04. The molecule has 0 fully saturated rings. The number of thiophene rings is 4. The first-order valence-corrected chi connectivity index (χ1v) is 44.2. The van der Waals surface area contributed by atoms with Crippen LogP contribution in [0.3, 0.4) is 0 Å². The number of carbonyl (C=O) groups excluding carboxylic acids is 2. The summed E-state index contributed by atoms with van der Waals surface area (Å²) in [4.78, 5) is 33.4. The molecule has 0 saturated carbocycles. The average Bonchev–Trinajstić information content (AvgIpc) is 1.50. The zero-order valence-electron chi connectivity index (χ0n) is 64.9. The predicted octanol–water partition coefficient (Wildman–Crippen LogP) is 27.7. The van der Waals surface area contributed by atoms with Crippen molar-refractivity contribution in [2.75, 3.05) is 0 Å². The molecule has 3 unspecified atom stereocenters. The Balaban J connectivity index is 1.19. The van der Waals surface area contributed by atoms with Crippen LogP contribution in [0, 0.1) is 86.3 Å². The van der Waals surface area contributed by atoms with E-state index in [1.165, 1.54) is 64.2 Å². The summed E-state index contributed by atoms with van der Waals surface area (Å²) in [6.07, 6.45) is 37.5. The number of allylic oxidation sites excluding steroid dienone is 6. The highest BCUT2D eigenvalue weighted by Crippen LogP contribution is 2.56. The van der Waals surface area contributed by atoms with E-state index < -0.39 is 34.8 Å². The first-order valence-electron chi connectivity index (χ1n) is 40.9. The van der Waals surface area contributed by atoms with Crippen molar-refractivity contribution in [2.45, 2.75) is 280 Å². The molecule has 572 valence electrons. The van der Waals surface area contributed by atoms with Gasteiger partial charge < -0.3 is 9.13 Å². The van der Waals surface area contributed by atoms with E-state index in [0.717, 1.165) is 246 Å². The number of ketones is 2. The summed E-state index contributed by atoms with van der Waals surface area (Å²) < 4.78 is 73.0. The van der Waals surface area contributed by atoms with Crippen molar-refractivity contribution in [2.24, 2.45) is 17.8 Å². The minimum atomic E-state index is -1.19. The number of aryl methyl sites for hydroxylation is 2. The molecule has 3 aromatic carbocycles. The quantitative estimate of drug-likeness (QED) is 0.0158. The number of Topliss-reactive ketones (excluding diaryl/α,β-unsaturated/α-hetero) is 2. The van der Waals surface area contributed by atoms with E-state index in [0.29, 0.717) is 38.4 Å². The maximum Gasteiger partial charge on any atom is 0.194 e. The molecular formula is C90H103F4N9O2S4. The van der Waals surface area contributed by atoms with E-state index in [1.54, 1.807) is 57.5 Å². The Morgan fingerprint density at radius 3 is 1.06 bits per heavy atom. The molecule has 7 heterocycles. The van der Waals surface area contributed by atoms with Crippen molar-refractivity contribution in [3.8, 4) is 24.3 Å². The fourth-order valence-electron chi connectivity index (χ4n) is 17.0. The van der Waals surface area contributed by atoms with Gasteiger partial charge in [-0.1, -0.05) is 216 Å². The van der Waals surface area contributed by atoms with Crippen LogP contribution in [-0.2, 0) is 32.5 Å². The van der Waals surface area contributed by atoms with Crippen LogP contribution in [0.5, 0.6) is 0 Å². The lowest BCUT2D eigenvalue weighted by Gasteiger charge is -2.20. The average molecular weight is 1550 g/mol. The lowest BCUT2D eigenvalue weighted by atomic mass is 9.98. The Morgan fingerprint density at radius 2 is 0.725 bits per heavy atom. The standard InChI is InChI=1S/C90H103F4N9O2S4/c1-9-17-22-24-26-28-30-32-34-39-59-71(45-65-73(57(47-95)48-96)61-41-67(91)69(93)43-63(61)83(65)104)106-89-81-87(108-85(59)89)75-77-78(100-103(99-77)53-56(16-8)38-21-13-5)76-80(79(75)101(81)51-54(14-6)36-19-11-3)102(52-55(15-7)37-20-12-4)82-88(76)109-86-60(40-35-33-31-29-27-25-23-18-10-2)72(107-90(82)86)46-66-74(58(49-97)50-98)62-42-68(92)70(94)44-64(62)84(66)105/h41-46,54-56H,9-40,51-53H2,1-8H3/b65-45-,66-46-. The Bertz CT molecular complexity index is 5040. The zero-order chi connectivity index (χ0) is 77.2. The molecule has 0 N–H and O–H groups in total. The van der Waals surface area contributed by atoms with E-state index in [2.05, 4.69) is 64.5 Å². The molecule has 0 spiro atoms. The Kier molecular flexibility index (Phi) is 27.2. The molecule has 0 bridgehead atoms. The van der Waals surface area contributed by atoms with Crippen LogP contribution in [0.4, 0.5) is 17.6 Å². The highest BCUT2D eigenvalue weighted by Gasteiger charge is 2.39. The van der Waals surface area contributed by atoms with Crippen LogP contribution >= 0.6 is 45.3 Å². The summed E-state index contributed by atoms with van der Waals surface area (Å²) >= 11 is 6.74. The zero-order valence-corrected chi connectivity index (χ0v) is 68.2. The highest BCUT2D eigenvalue weighted by atomic mass is 32.1. The van der Waals surface area contributed by atoms with Gasteiger partial charge in [0.1, 0.15) is 46.5 Å². The Labute approximate surface area is 655 Å². The minimum Gasteiger partial charge on any atom is -0.337 e. The summed E-state index contributed by atoms with van der Waals surface area (Å²) in [5.41, 5.74) is 7.42. The normalized spacial score (nSPS) is 14.7. The van der Waals surface area contributed by atoms with Crippen molar-refractivity contribution >= 4 is 152 Å². The SMILES string of the molecule is CCCCCCCCCCCc1c(/C=C2\C(=O)c3cc(F)c(F)cc3C2=C(C#N)C#N)sc2c1sc1c3c4nn(CC(CC)CCCC)nc4c4c5sc6c(CCCCCCCCCCC)c(/C=C7\C(=O)c8cc(F)c(F)cc8C7=C(C#N)C#N)sc6c5n(CC(CC)CCCC)c4c3n(CC(CC)CCCC)c21. The van der Waals surface area contributed by atoms with Gasteiger partial charge in [0.25, 0.3) is 0 Å². The number of benzene rings is 3. The van der Waals surface area contributed by atoms with Crippen LogP contribution in [0.1, 0.15) is 301 Å². The number of nitriles is 4. The molecule has 2 aliphatic rings. The molecule has 0 radical (unpaired) electrons. The summed E-state index contributed by atoms with van der Waals surface area (Å²) in [5.74, 6) is -5.02. The van der Waals surface area contributed by atoms with Gasteiger partial charge in [-0.3, -0.25) is 9.59 Å². The van der Waals surface area contributed by atoms with E-state index in [9.17, 15) is 30.6 Å². The van der Waals surface area contributed by atoms with Crippen LogP contribution < -0.4 is 0 Å². The van der Waals surface area contributed by atoms with E-state index in [-0.39, 0.29) is 67.5 Å². The highest BCUT2D eigenvalue weighted by molar-refractivity contribution is 7.34. The predicted molar refractivity (Wildman–Crippen MR) is 445 cm³/mol. The minimum absolute atomic E-state index is 0.00694. The molecule has 109 heavy (non-hydrogen) atoms. The van der Waals surface area contributed by atoms with Crippen LogP contribution in [-0.4, -0.2) is 35.7 Å². The van der Waals surface area contributed by atoms with Gasteiger partial charge in [0.2, 0.25) is 0 Å². The molecule has 0 amide bonds. The van der Waals surface area contributed by atoms with Gasteiger partial charge >= 0.3 is 0 Å². The molecule has 11 nitrogen and oxygen atoms in total. The second kappa shape index (κ2) is 36.9. The van der Waals surface area contributed by atoms with E-state index >= 15 is 17.6 Å². The van der Waals surface area contributed by atoms with Crippen molar-refractivity contribution < 1.29 is 27.2 Å². The van der Waals surface area contributed by atoms with Crippen LogP contribution in [0.25, 0.3) is 95.4 Å². The monoisotopic (exact) mass is 1550 g/mol. The second-order valence-corrected chi connectivity index (χ2v) is 34.8. The summed E-state index contributed by atoms with van der Waals surface area (Å²) in [7, 11) is 0. The van der Waals surface area contributed by atoms with Gasteiger partial charge in [-0.15, -0.1) is 45.3 Å². The number of unbranched alkanes of at least 4 members (excludes halogenated alkanes) is 19. The summed E-state index contributed by atoms with van der Waals surface area (Å²) in [5, 5.41) is 55.8. The van der Waals surface area contributed by atoms with Crippen molar-refractivity contribution in [3.05, 3.63) is 113 Å². The largest absolute Gasteiger partial charge is 0.337 e. The fourth-order valence-corrected chi connectivity index (χ4v) is 23.0. The number of halogens is 4. The summed E-state index contributed by atoms with van der Waals surface area (Å²) in [6, 6.07) is 11.6. The summed E-state index contributed by atoms with van der Waals surface area (Å²) in [6.45, 7) is 20.1. The van der Waals surface area contributed by atoms with Crippen molar-refractivity contribution in [1.29, 1.82) is 21.0 Å².